The van der Waals surface area contributed by atoms with E-state index in [0.29, 0.717) is 0 Å². The highest BCUT2D eigenvalue weighted by molar-refractivity contribution is 9.26. The number of nitrogens with one attached hydrogen (secondary N) is 1. The van der Waals surface area contributed by atoms with E-state index in [4.69, 9.17) is 5.26 Å². The number of amides is 1. The molecule has 0 radical (unpaired) electrons. The number of alkyl halides is 2. The Morgan fingerprint density at radius 2 is 1.93 bits per heavy atom. The average molecular weight is 324 g/mol. The summed E-state index contributed by atoms with van der Waals surface area (Å²) in [5.41, 5.74) is 0. The van der Waals surface area contributed by atoms with Crippen LogP contribution in [-0.2, 0) is 4.79 Å². The molecule has 0 heterocycles. The summed E-state index contributed by atoms with van der Waals surface area (Å²) in [5.74, 6) is -0.299. The molecule has 1 fully saturated rings. The van der Waals surface area contributed by atoms with Crippen molar-refractivity contribution in [3.05, 3.63) is 0 Å². The zero-order valence-corrected chi connectivity index (χ0v) is 10.9. The topological polar surface area (TPSA) is 52.9 Å². The Hall–Kier alpha value is -0.0800. The highest BCUT2D eigenvalue weighted by Crippen LogP contribution is 2.26. The number of carbonyl (C=O) groups is 1. The zero-order valence-electron chi connectivity index (χ0n) is 7.72. The first-order chi connectivity index (χ1) is 6.56. The van der Waals surface area contributed by atoms with Gasteiger partial charge in [0.05, 0.1) is 0 Å². The van der Waals surface area contributed by atoms with Gasteiger partial charge < -0.3 is 5.32 Å². The third-order valence-corrected chi connectivity index (χ3v) is 3.44. The molecule has 0 aliphatic heterocycles. The largest absolute Gasteiger partial charge is 0.350 e. The maximum absolute atomic E-state index is 11.5. The van der Waals surface area contributed by atoms with Crippen molar-refractivity contribution in [2.75, 3.05) is 0 Å². The molecule has 0 unspecified atom stereocenters. The predicted molar refractivity (Wildman–Crippen MR) is 61.2 cm³/mol. The second-order valence-electron chi connectivity index (χ2n) is 3.49. The van der Waals surface area contributed by atoms with Gasteiger partial charge in [-0.05, 0) is 44.7 Å². The summed E-state index contributed by atoms with van der Waals surface area (Å²) in [5, 5.41) is 11.5. The molecule has 0 aromatic heterocycles. The first-order valence-corrected chi connectivity index (χ1v) is 6.25. The maximum atomic E-state index is 11.5. The van der Waals surface area contributed by atoms with E-state index < -0.39 is 3.23 Å². The molecule has 0 spiro atoms. The Morgan fingerprint density at radius 1 is 1.36 bits per heavy atom. The van der Waals surface area contributed by atoms with Crippen molar-refractivity contribution in [2.45, 2.75) is 41.4 Å². The Kier molecular flexibility index (Phi) is 4.39. The van der Waals surface area contributed by atoms with Crippen LogP contribution in [0.3, 0.4) is 0 Å². The van der Waals surface area contributed by atoms with Gasteiger partial charge in [0.15, 0.2) is 0 Å². The molecule has 0 saturated heterocycles. The lowest BCUT2D eigenvalue weighted by molar-refractivity contribution is -0.121. The van der Waals surface area contributed by atoms with Crippen LogP contribution in [0.1, 0.15) is 32.1 Å². The lowest BCUT2D eigenvalue weighted by Crippen LogP contribution is -2.43. The van der Waals surface area contributed by atoms with Gasteiger partial charge in [-0.1, -0.05) is 19.3 Å². The Morgan fingerprint density at radius 3 is 2.43 bits per heavy atom. The molecule has 1 aliphatic carbocycles. The molecule has 1 rings (SSSR count). The van der Waals surface area contributed by atoms with Crippen LogP contribution in [0.5, 0.6) is 0 Å². The van der Waals surface area contributed by atoms with Gasteiger partial charge in [-0.15, -0.1) is 0 Å². The van der Waals surface area contributed by atoms with Crippen molar-refractivity contribution >= 4 is 37.8 Å². The molecule has 0 atom stereocenters. The monoisotopic (exact) mass is 322 g/mol. The highest BCUT2D eigenvalue weighted by Gasteiger charge is 2.33. The smallest absolute Gasteiger partial charge is 0.262 e. The zero-order chi connectivity index (χ0) is 10.6. The van der Waals surface area contributed by atoms with Crippen LogP contribution >= 0.6 is 31.9 Å². The Bertz CT molecular complexity index is 254. The van der Waals surface area contributed by atoms with Gasteiger partial charge in [0, 0.05) is 6.04 Å². The van der Waals surface area contributed by atoms with Gasteiger partial charge in [-0.25, -0.2) is 0 Å². The Balaban J connectivity index is 2.44. The minimum Gasteiger partial charge on any atom is -0.350 e. The molecule has 3 nitrogen and oxygen atoms in total. The summed E-state index contributed by atoms with van der Waals surface area (Å²) in [6.07, 6.45) is 5.61. The summed E-state index contributed by atoms with van der Waals surface area (Å²) in [4.78, 5) is 11.5. The second-order valence-corrected chi connectivity index (χ2v) is 6.94. The minimum atomic E-state index is -1.27. The first-order valence-electron chi connectivity index (χ1n) is 4.66. The van der Waals surface area contributed by atoms with Crippen molar-refractivity contribution in [1.82, 2.24) is 5.32 Å². The van der Waals surface area contributed by atoms with E-state index >= 15 is 0 Å². The van der Waals surface area contributed by atoms with Crippen LogP contribution < -0.4 is 5.32 Å². The molecule has 5 heteroatoms. The van der Waals surface area contributed by atoms with Crippen LogP contribution in [0.2, 0.25) is 0 Å². The van der Waals surface area contributed by atoms with Gasteiger partial charge in [-0.3, -0.25) is 4.79 Å². The molecule has 14 heavy (non-hydrogen) atoms. The van der Waals surface area contributed by atoms with Crippen molar-refractivity contribution in [1.29, 1.82) is 5.26 Å². The second kappa shape index (κ2) is 5.13. The standard InChI is InChI=1S/C9H12Br2N2O/c10-9(11,6-12)8(14)13-7-4-2-1-3-5-7/h7H,1-5H2,(H,13,14). The van der Waals surface area contributed by atoms with Gasteiger partial charge in [-0.2, -0.15) is 5.26 Å². The van der Waals surface area contributed by atoms with Gasteiger partial charge in [0.2, 0.25) is 3.23 Å². The van der Waals surface area contributed by atoms with Crippen molar-refractivity contribution in [3.63, 3.8) is 0 Å². The SMILES string of the molecule is N#CC(Br)(Br)C(=O)NC1CCCCC1. The number of hydrogen-bond donors (Lipinski definition) is 1. The van der Waals surface area contributed by atoms with E-state index in [1.807, 2.05) is 6.07 Å². The molecule has 1 amide bonds. The van der Waals surface area contributed by atoms with E-state index in [-0.39, 0.29) is 11.9 Å². The fraction of sp³-hybridized carbons (Fsp3) is 0.778. The fourth-order valence-corrected chi connectivity index (χ4v) is 1.80. The van der Waals surface area contributed by atoms with Gasteiger partial charge in [0.25, 0.3) is 5.91 Å². The highest BCUT2D eigenvalue weighted by atomic mass is 79.9. The molecular weight excluding hydrogens is 312 g/mol. The van der Waals surface area contributed by atoms with E-state index in [0.717, 1.165) is 25.7 Å². The van der Waals surface area contributed by atoms with Crippen molar-refractivity contribution in [2.24, 2.45) is 0 Å². The van der Waals surface area contributed by atoms with Crippen LogP contribution in [0.15, 0.2) is 0 Å². The quantitative estimate of drug-likeness (QED) is 0.794. The first kappa shape index (κ1) is 12.0. The summed E-state index contributed by atoms with van der Waals surface area (Å²) < 4.78 is -1.27. The number of hydrogen-bond acceptors (Lipinski definition) is 2. The van der Waals surface area contributed by atoms with Crippen LogP contribution in [0.25, 0.3) is 0 Å². The van der Waals surface area contributed by atoms with Gasteiger partial charge >= 0.3 is 0 Å². The lowest BCUT2D eigenvalue weighted by atomic mass is 9.95. The molecule has 1 N–H and O–H groups in total. The lowest BCUT2D eigenvalue weighted by Gasteiger charge is -2.24. The average Bonchev–Trinajstić information content (AvgIpc) is 2.19. The molecule has 78 valence electrons. The van der Waals surface area contributed by atoms with Crippen LogP contribution in [0.4, 0.5) is 0 Å². The summed E-state index contributed by atoms with van der Waals surface area (Å²) in [6, 6.07) is 2.09. The predicted octanol–water partition coefficient (Wildman–Crippen LogP) is 2.44. The van der Waals surface area contributed by atoms with E-state index in [2.05, 4.69) is 37.2 Å². The number of nitrogens with zero attached hydrogens (tertiary/aromatic N) is 1. The van der Waals surface area contributed by atoms with Crippen molar-refractivity contribution < 1.29 is 4.79 Å². The fourth-order valence-electron chi connectivity index (χ4n) is 1.57. The summed E-state index contributed by atoms with van der Waals surface area (Å²) >= 11 is 6.03. The summed E-state index contributed by atoms with van der Waals surface area (Å²) in [6.45, 7) is 0. The summed E-state index contributed by atoms with van der Waals surface area (Å²) in [7, 11) is 0. The Labute approximate surface area is 100 Å². The van der Waals surface area contributed by atoms with E-state index in [1.165, 1.54) is 6.42 Å². The van der Waals surface area contributed by atoms with Gasteiger partial charge in [0.1, 0.15) is 6.07 Å². The number of halogens is 2. The normalized spacial score (nSPS) is 18.6. The van der Waals surface area contributed by atoms with Crippen LogP contribution in [-0.4, -0.2) is 15.2 Å². The molecule has 1 saturated carbocycles. The number of nitriles is 1. The molecule has 0 aromatic carbocycles. The minimum absolute atomic E-state index is 0.235. The third kappa shape index (κ3) is 3.25. The number of carbonyl (C=O) groups excluding carboxylic acids is 1. The number of rotatable bonds is 2. The van der Waals surface area contributed by atoms with E-state index in [1.54, 1.807) is 0 Å². The molecule has 0 aromatic rings. The molecular formula is C9H12Br2N2O. The van der Waals surface area contributed by atoms with Crippen LogP contribution in [0, 0.1) is 11.3 Å². The van der Waals surface area contributed by atoms with E-state index in [9.17, 15) is 4.79 Å². The third-order valence-electron chi connectivity index (χ3n) is 2.37. The molecule has 1 aliphatic rings. The maximum Gasteiger partial charge on any atom is 0.262 e. The molecule has 0 bridgehead atoms. The van der Waals surface area contributed by atoms with Crippen molar-refractivity contribution in [3.8, 4) is 6.07 Å².